The third-order valence-corrected chi connectivity index (χ3v) is 4.95. The number of carbonyl (C=O) groups is 1. The lowest BCUT2D eigenvalue weighted by atomic mass is 9.75. The smallest absolute Gasteiger partial charge is 0.344 e. The predicted molar refractivity (Wildman–Crippen MR) is 96.4 cm³/mol. The van der Waals surface area contributed by atoms with Gasteiger partial charge < -0.3 is 14.2 Å². The maximum absolute atomic E-state index is 12.2. The molecule has 0 N–H and O–H groups in total. The lowest BCUT2D eigenvalue weighted by Crippen LogP contribution is -2.36. The van der Waals surface area contributed by atoms with Crippen molar-refractivity contribution in [2.75, 3.05) is 13.7 Å². The van der Waals surface area contributed by atoms with Crippen LogP contribution in [0.2, 0.25) is 0 Å². The molecule has 3 atom stereocenters. The monoisotopic (exact) mass is 365 g/mol. The third kappa shape index (κ3) is 5.09. The van der Waals surface area contributed by atoms with Gasteiger partial charge >= 0.3 is 11.7 Å². The molecule has 144 valence electrons. The average molecular weight is 365 g/mol. The number of nitro groups is 1. The number of esters is 1. The molecule has 2 rings (SSSR count). The number of rotatable bonds is 7. The highest BCUT2D eigenvalue weighted by Gasteiger charge is 2.33. The first kappa shape index (κ1) is 20.0. The fourth-order valence-electron chi connectivity index (χ4n) is 3.48. The zero-order valence-corrected chi connectivity index (χ0v) is 15.8. The third-order valence-electron chi connectivity index (χ3n) is 4.95. The number of nitro benzene ring substituents is 1. The normalized spacial score (nSPS) is 22.7. The summed E-state index contributed by atoms with van der Waals surface area (Å²) in [5, 5.41) is 11.2. The minimum atomic E-state index is -0.569. The Bertz CT molecular complexity index is 645. The molecular weight excluding hydrogens is 338 g/mol. The number of benzene rings is 1. The zero-order chi connectivity index (χ0) is 19.3. The molecule has 0 spiro atoms. The van der Waals surface area contributed by atoms with Gasteiger partial charge in [0, 0.05) is 0 Å². The maximum Gasteiger partial charge on any atom is 0.344 e. The Hall–Kier alpha value is -2.31. The summed E-state index contributed by atoms with van der Waals surface area (Å²) >= 11 is 0. The topological polar surface area (TPSA) is 87.9 Å². The van der Waals surface area contributed by atoms with Crippen LogP contribution in [0.1, 0.15) is 40.0 Å². The molecule has 0 heterocycles. The molecule has 0 amide bonds. The Kier molecular flexibility index (Phi) is 6.83. The number of hydrogen-bond acceptors (Lipinski definition) is 6. The molecule has 1 aromatic rings. The second-order valence-corrected chi connectivity index (χ2v) is 7.23. The van der Waals surface area contributed by atoms with Crippen LogP contribution in [-0.4, -0.2) is 30.7 Å². The van der Waals surface area contributed by atoms with Crippen LogP contribution in [0.4, 0.5) is 5.69 Å². The average Bonchev–Trinajstić information content (AvgIpc) is 2.59. The van der Waals surface area contributed by atoms with Crippen molar-refractivity contribution in [3.05, 3.63) is 28.3 Å². The highest BCUT2D eigenvalue weighted by molar-refractivity contribution is 5.71. The molecule has 0 radical (unpaired) electrons. The number of methoxy groups -OCH3 is 1. The van der Waals surface area contributed by atoms with E-state index in [1.165, 1.54) is 19.2 Å². The van der Waals surface area contributed by atoms with E-state index in [-0.39, 0.29) is 24.1 Å². The Morgan fingerprint density at radius 3 is 2.69 bits per heavy atom. The van der Waals surface area contributed by atoms with Crippen LogP contribution in [0.15, 0.2) is 18.2 Å². The molecule has 26 heavy (non-hydrogen) atoms. The van der Waals surface area contributed by atoms with Gasteiger partial charge in [-0.3, -0.25) is 10.1 Å². The minimum Gasteiger partial charge on any atom is -0.496 e. The van der Waals surface area contributed by atoms with Gasteiger partial charge in [-0.05, 0) is 42.7 Å². The van der Waals surface area contributed by atoms with Gasteiger partial charge in [0.2, 0.25) is 0 Å². The van der Waals surface area contributed by atoms with E-state index >= 15 is 0 Å². The standard InChI is InChI=1S/C19H27NO6/c1-12(2)15-7-5-13(3)9-18(15)26-19(21)11-25-17-8-6-14(24-4)10-16(17)20(22)23/h6,8,10,12-13,15,18H,5,7,9,11H2,1-4H3. The maximum atomic E-state index is 12.2. The second kappa shape index (κ2) is 8.87. The summed E-state index contributed by atoms with van der Waals surface area (Å²) in [4.78, 5) is 22.8. The van der Waals surface area contributed by atoms with Crippen molar-refractivity contribution in [1.29, 1.82) is 0 Å². The number of nitrogens with zero attached hydrogens (tertiary/aromatic N) is 1. The zero-order valence-electron chi connectivity index (χ0n) is 15.8. The van der Waals surface area contributed by atoms with E-state index in [4.69, 9.17) is 14.2 Å². The molecule has 0 aromatic heterocycles. The van der Waals surface area contributed by atoms with Gasteiger partial charge in [-0.15, -0.1) is 0 Å². The van der Waals surface area contributed by atoms with Crippen LogP contribution in [0.3, 0.4) is 0 Å². The van der Waals surface area contributed by atoms with Crippen molar-refractivity contribution in [2.24, 2.45) is 17.8 Å². The lowest BCUT2D eigenvalue weighted by molar-refractivity contribution is -0.385. The van der Waals surface area contributed by atoms with Crippen LogP contribution in [0.25, 0.3) is 0 Å². The Morgan fingerprint density at radius 2 is 2.08 bits per heavy atom. The Balaban J connectivity index is 1.99. The van der Waals surface area contributed by atoms with Gasteiger partial charge in [0.15, 0.2) is 12.4 Å². The van der Waals surface area contributed by atoms with E-state index in [1.54, 1.807) is 6.07 Å². The molecule has 0 saturated heterocycles. The quantitative estimate of drug-likeness (QED) is 0.412. The number of hydrogen-bond donors (Lipinski definition) is 0. The molecular formula is C19H27NO6. The van der Waals surface area contributed by atoms with Crippen LogP contribution in [0, 0.1) is 27.9 Å². The molecule has 1 aliphatic rings. The van der Waals surface area contributed by atoms with Crippen molar-refractivity contribution in [3.8, 4) is 11.5 Å². The largest absolute Gasteiger partial charge is 0.496 e. The van der Waals surface area contributed by atoms with E-state index < -0.39 is 10.9 Å². The summed E-state index contributed by atoms with van der Waals surface area (Å²) in [6.45, 7) is 6.08. The summed E-state index contributed by atoms with van der Waals surface area (Å²) in [7, 11) is 1.42. The van der Waals surface area contributed by atoms with Gasteiger partial charge in [0.25, 0.3) is 0 Å². The molecule has 0 bridgehead atoms. The van der Waals surface area contributed by atoms with E-state index in [1.807, 2.05) is 0 Å². The predicted octanol–water partition coefficient (Wildman–Crippen LogP) is 3.99. The molecule has 1 aromatic carbocycles. The Labute approximate surface area is 153 Å². The molecule has 7 nitrogen and oxygen atoms in total. The minimum absolute atomic E-state index is 0.0187. The van der Waals surface area contributed by atoms with Gasteiger partial charge in [-0.25, -0.2) is 4.79 Å². The van der Waals surface area contributed by atoms with E-state index in [0.29, 0.717) is 23.5 Å². The van der Waals surface area contributed by atoms with Gasteiger partial charge in [0.1, 0.15) is 11.9 Å². The second-order valence-electron chi connectivity index (χ2n) is 7.23. The molecule has 1 saturated carbocycles. The lowest BCUT2D eigenvalue weighted by Gasteiger charge is -2.36. The molecule has 1 aliphatic carbocycles. The van der Waals surface area contributed by atoms with Crippen LogP contribution >= 0.6 is 0 Å². The van der Waals surface area contributed by atoms with Crippen molar-refractivity contribution < 1.29 is 23.9 Å². The summed E-state index contributed by atoms with van der Waals surface area (Å²) in [6.07, 6.45) is 2.91. The van der Waals surface area contributed by atoms with E-state index in [2.05, 4.69) is 20.8 Å². The SMILES string of the molecule is COc1ccc(OCC(=O)OC2CC(C)CCC2C(C)C)c([N+](=O)[O-])c1. The summed E-state index contributed by atoms with van der Waals surface area (Å²) in [6, 6.07) is 4.23. The fraction of sp³-hybridized carbons (Fsp3) is 0.632. The van der Waals surface area contributed by atoms with E-state index in [9.17, 15) is 14.9 Å². The summed E-state index contributed by atoms with van der Waals surface area (Å²) in [5.74, 6) is 1.16. The first-order chi connectivity index (χ1) is 12.3. The van der Waals surface area contributed by atoms with E-state index in [0.717, 1.165) is 19.3 Å². The van der Waals surface area contributed by atoms with Gasteiger partial charge in [-0.2, -0.15) is 0 Å². The highest BCUT2D eigenvalue weighted by atomic mass is 16.6. The molecule has 1 fully saturated rings. The molecule has 7 heteroatoms. The van der Waals surface area contributed by atoms with Crippen molar-refractivity contribution >= 4 is 11.7 Å². The van der Waals surface area contributed by atoms with Crippen molar-refractivity contribution in [3.63, 3.8) is 0 Å². The summed E-state index contributed by atoms with van der Waals surface area (Å²) < 4.78 is 16.0. The number of carbonyl (C=O) groups excluding carboxylic acids is 1. The van der Waals surface area contributed by atoms with Gasteiger partial charge in [-0.1, -0.05) is 27.2 Å². The van der Waals surface area contributed by atoms with Crippen LogP contribution in [-0.2, 0) is 9.53 Å². The fourth-order valence-corrected chi connectivity index (χ4v) is 3.48. The number of ether oxygens (including phenoxy) is 3. The van der Waals surface area contributed by atoms with Crippen LogP contribution in [0.5, 0.6) is 11.5 Å². The van der Waals surface area contributed by atoms with Crippen LogP contribution < -0.4 is 9.47 Å². The Morgan fingerprint density at radius 1 is 1.35 bits per heavy atom. The summed E-state index contributed by atoms with van der Waals surface area (Å²) in [5.41, 5.74) is -0.247. The molecule has 3 unspecified atom stereocenters. The molecule has 0 aliphatic heterocycles. The highest BCUT2D eigenvalue weighted by Crippen LogP contribution is 2.35. The first-order valence-corrected chi connectivity index (χ1v) is 8.96. The van der Waals surface area contributed by atoms with Crippen molar-refractivity contribution in [2.45, 2.75) is 46.1 Å². The van der Waals surface area contributed by atoms with Gasteiger partial charge in [0.05, 0.1) is 18.1 Å². The first-order valence-electron chi connectivity index (χ1n) is 8.96. The van der Waals surface area contributed by atoms with Crippen molar-refractivity contribution in [1.82, 2.24) is 0 Å².